The molecular formula is C55H116O7S2Si2. The first-order valence-electron chi connectivity index (χ1n) is 27.5. The highest BCUT2D eigenvalue weighted by molar-refractivity contribution is 7.99. The second-order valence-corrected chi connectivity index (χ2v) is 35.1. The number of carbonyl (C=O) groups excluding carboxylic acids is 1. The summed E-state index contributed by atoms with van der Waals surface area (Å²) in [6.07, 6.45) is 31.9. The molecule has 0 fully saturated rings. The minimum absolute atomic E-state index is 0.0450. The highest BCUT2D eigenvalue weighted by Crippen LogP contribution is 2.38. The zero-order valence-corrected chi connectivity index (χ0v) is 50.5. The maximum Gasteiger partial charge on any atom is 0.311 e. The molecule has 0 radical (unpaired) electrons. The summed E-state index contributed by atoms with van der Waals surface area (Å²) in [6, 6.07) is 0. The van der Waals surface area contributed by atoms with Crippen LogP contribution in [0.15, 0.2) is 0 Å². The van der Waals surface area contributed by atoms with E-state index in [9.17, 15) is 9.90 Å². The van der Waals surface area contributed by atoms with Crippen molar-refractivity contribution in [2.45, 2.75) is 279 Å². The fourth-order valence-corrected chi connectivity index (χ4v) is 11.3. The van der Waals surface area contributed by atoms with Crippen molar-refractivity contribution in [3.8, 4) is 0 Å². The van der Waals surface area contributed by atoms with Gasteiger partial charge in [-0.25, -0.2) is 0 Å². The van der Waals surface area contributed by atoms with Crippen molar-refractivity contribution in [2.24, 2.45) is 5.41 Å². The number of hydrogen-bond donors (Lipinski definition) is 1. The third-order valence-electron chi connectivity index (χ3n) is 13.3. The molecule has 0 aliphatic rings. The number of hydrogen-bond acceptors (Lipinski definition) is 9. The molecule has 1 N–H and O–H groups in total. The molecular weight excluding hydrogens is 893 g/mol. The van der Waals surface area contributed by atoms with Crippen molar-refractivity contribution >= 4 is 46.1 Å². The molecule has 0 aromatic heterocycles. The highest BCUT2D eigenvalue weighted by Gasteiger charge is 2.40. The maximum atomic E-state index is 12.3. The van der Waals surface area contributed by atoms with E-state index in [0.717, 1.165) is 26.1 Å². The molecule has 2 atom stereocenters. The second-order valence-electron chi connectivity index (χ2n) is 23.2. The van der Waals surface area contributed by atoms with Crippen LogP contribution in [0.4, 0.5) is 0 Å². The number of carbonyl (C=O) groups is 1. The van der Waals surface area contributed by atoms with Gasteiger partial charge in [0.2, 0.25) is 0 Å². The fraction of sp³-hybridized carbons (Fsp3) is 0.982. The number of aliphatic hydroxyl groups is 1. The molecule has 0 amide bonds. The molecule has 0 saturated heterocycles. The predicted molar refractivity (Wildman–Crippen MR) is 300 cm³/mol. The van der Waals surface area contributed by atoms with Gasteiger partial charge in [0.1, 0.15) is 12.7 Å². The zero-order valence-electron chi connectivity index (χ0n) is 46.9. The van der Waals surface area contributed by atoms with Crippen LogP contribution in [0.3, 0.4) is 0 Å². The summed E-state index contributed by atoms with van der Waals surface area (Å²) in [5.74, 6) is 5.19. The Hall–Kier alpha value is 0.404. The second kappa shape index (κ2) is 42.0. The van der Waals surface area contributed by atoms with E-state index in [2.05, 4.69) is 105 Å². The third-order valence-corrected chi connectivity index (χ3v) is 24.7. The SMILES string of the molecule is CCCCCCCCSCCCCCCCCOC[C@@H](CO)O[Si](C)(C)C(C)(C)C.CCCCCCCCSCCCCCCCCOC[C@@H](COC(=O)C(C)(C)C)O[Si](C)(C)C(C)(C)C. The lowest BCUT2D eigenvalue weighted by molar-refractivity contribution is -0.156. The lowest BCUT2D eigenvalue weighted by atomic mass is 9.97. The molecule has 398 valence electrons. The molecule has 0 spiro atoms. The standard InChI is InChI=1S/C30H62O4SSi.C25H54O3SSi/c1-10-11-12-13-17-20-23-35-24-21-18-15-14-16-19-22-32-25-27(26-33-28(31)29(2,3)4)34-36(8,9)30(5,6)7;1-7-8-9-10-14-17-20-29-21-18-15-12-11-13-16-19-27-23-24(22-26)28-30(5,6)25(2,3)4/h27H,10-26H2,1-9H3;24,26H,7-23H2,1-6H3/t27-;24-/m01/s1. The number of ether oxygens (including phenoxy) is 3. The van der Waals surface area contributed by atoms with Crippen LogP contribution in [0.25, 0.3) is 0 Å². The van der Waals surface area contributed by atoms with Crippen molar-refractivity contribution < 1.29 is 33.0 Å². The monoisotopic (exact) mass is 1010 g/mol. The van der Waals surface area contributed by atoms with Gasteiger partial charge in [0, 0.05) is 13.2 Å². The normalized spacial score (nSPS) is 13.7. The topological polar surface area (TPSA) is 83.5 Å². The number of rotatable bonds is 43. The van der Waals surface area contributed by atoms with Crippen molar-refractivity contribution in [1.82, 2.24) is 0 Å². The van der Waals surface area contributed by atoms with Gasteiger partial charge < -0.3 is 28.2 Å². The lowest BCUT2D eigenvalue weighted by Gasteiger charge is -2.39. The summed E-state index contributed by atoms with van der Waals surface area (Å²) in [4.78, 5) is 12.3. The van der Waals surface area contributed by atoms with Gasteiger partial charge in [0.15, 0.2) is 16.6 Å². The van der Waals surface area contributed by atoms with Crippen LogP contribution in [0.1, 0.15) is 230 Å². The number of aliphatic hydroxyl groups excluding tert-OH is 1. The summed E-state index contributed by atoms with van der Waals surface area (Å²) >= 11 is 4.30. The molecule has 66 heavy (non-hydrogen) atoms. The van der Waals surface area contributed by atoms with Gasteiger partial charge in [-0.15, -0.1) is 0 Å². The van der Waals surface area contributed by atoms with Crippen molar-refractivity contribution in [1.29, 1.82) is 0 Å². The summed E-state index contributed by atoms with van der Waals surface area (Å²) in [6.45, 7) is 35.3. The van der Waals surface area contributed by atoms with E-state index in [-0.39, 0.29) is 41.5 Å². The maximum absolute atomic E-state index is 12.3. The van der Waals surface area contributed by atoms with Crippen LogP contribution in [0.2, 0.25) is 36.3 Å². The van der Waals surface area contributed by atoms with E-state index in [0.29, 0.717) is 13.2 Å². The Kier molecular flexibility index (Phi) is 43.5. The molecule has 11 heteroatoms. The minimum atomic E-state index is -1.97. The van der Waals surface area contributed by atoms with Crippen LogP contribution in [0, 0.1) is 5.41 Å². The summed E-state index contributed by atoms with van der Waals surface area (Å²) < 4.78 is 30.1. The van der Waals surface area contributed by atoms with Gasteiger partial charge in [-0.2, -0.15) is 23.5 Å². The molecule has 0 bridgehead atoms. The Morgan fingerprint density at radius 2 is 0.758 bits per heavy atom. The largest absolute Gasteiger partial charge is 0.462 e. The summed E-state index contributed by atoms with van der Waals surface area (Å²) in [5, 5.41) is 9.87. The molecule has 0 aromatic rings. The fourth-order valence-electron chi connectivity index (χ4n) is 6.65. The van der Waals surface area contributed by atoms with Gasteiger partial charge in [0.05, 0.1) is 31.3 Å². The molecule has 0 rings (SSSR count). The highest BCUT2D eigenvalue weighted by atomic mass is 32.2. The van der Waals surface area contributed by atoms with E-state index in [1.807, 2.05) is 20.8 Å². The molecule has 0 aromatic carbocycles. The van der Waals surface area contributed by atoms with Crippen molar-refractivity contribution in [3.05, 3.63) is 0 Å². The van der Waals surface area contributed by atoms with Crippen LogP contribution in [-0.4, -0.2) is 103 Å². The molecule has 0 heterocycles. The van der Waals surface area contributed by atoms with E-state index >= 15 is 0 Å². The van der Waals surface area contributed by atoms with E-state index in [4.69, 9.17) is 23.1 Å². The molecule has 0 saturated carbocycles. The quantitative estimate of drug-likeness (QED) is 0.0365. The third kappa shape index (κ3) is 41.1. The molecule has 0 unspecified atom stereocenters. The first kappa shape index (κ1) is 68.5. The lowest BCUT2D eigenvalue weighted by Crippen LogP contribution is -2.46. The Labute approximate surface area is 423 Å². The van der Waals surface area contributed by atoms with Crippen LogP contribution < -0.4 is 0 Å². The Bertz CT molecular complexity index is 1080. The van der Waals surface area contributed by atoms with Crippen LogP contribution >= 0.6 is 23.5 Å². The van der Waals surface area contributed by atoms with Gasteiger partial charge in [-0.1, -0.05) is 171 Å². The first-order valence-corrected chi connectivity index (χ1v) is 35.6. The van der Waals surface area contributed by atoms with E-state index in [1.54, 1.807) is 0 Å². The minimum Gasteiger partial charge on any atom is -0.462 e. The average Bonchev–Trinajstić information content (AvgIpc) is 3.23. The van der Waals surface area contributed by atoms with Crippen molar-refractivity contribution in [2.75, 3.05) is 62.7 Å². The summed E-state index contributed by atoms with van der Waals surface area (Å²) in [5.41, 5.74) is -0.505. The molecule has 0 aliphatic heterocycles. The number of thioether (sulfide) groups is 2. The molecule has 7 nitrogen and oxygen atoms in total. The van der Waals surface area contributed by atoms with Crippen molar-refractivity contribution in [3.63, 3.8) is 0 Å². The molecule has 0 aliphatic carbocycles. The predicted octanol–water partition coefficient (Wildman–Crippen LogP) is 17.2. The number of esters is 1. The van der Waals surface area contributed by atoms with Crippen LogP contribution in [-0.2, 0) is 27.9 Å². The Balaban J connectivity index is 0. The van der Waals surface area contributed by atoms with Gasteiger partial charge in [0.25, 0.3) is 0 Å². The number of unbranched alkanes of at least 4 members (excludes halogenated alkanes) is 20. The smallest absolute Gasteiger partial charge is 0.311 e. The zero-order chi connectivity index (χ0) is 50.2. The van der Waals surface area contributed by atoms with Gasteiger partial charge in [-0.3, -0.25) is 4.79 Å². The van der Waals surface area contributed by atoms with Gasteiger partial charge in [-0.05, 0) is 119 Å². The Morgan fingerprint density at radius 3 is 1.08 bits per heavy atom. The summed E-state index contributed by atoms with van der Waals surface area (Å²) in [7, 11) is -3.81. The van der Waals surface area contributed by atoms with Gasteiger partial charge >= 0.3 is 5.97 Å². The average molecular weight is 1010 g/mol. The Morgan fingerprint density at radius 1 is 0.455 bits per heavy atom. The van der Waals surface area contributed by atoms with E-state index < -0.39 is 22.0 Å². The van der Waals surface area contributed by atoms with Crippen LogP contribution in [0.5, 0.6) is 0 Å². The van der Waals surface area contributed by atoms with E-state index in [1.165, 1.54) is 164 Å². The first-order chi connectivity index (χ1) is 31.1.